The van der Waals surface area contributed by atoms with Gasteiger partial charge in [0.1, 0.15) is 6.61 Å². The number of alkyl halides is 3. The van der Waals surface area contributed by atoms with Crippen molar-refractivity contribution in [3.05, 3.63) is 29.3 Å². The Kier molecular flexibility index (Phi) is 5.69. The number of hydrogen-bond acceptors (Lipinski definition) is 5. The summed E-state index contributed by atoms with van der Waals surface area (Å²) in [6, 6.07) is 3.51. The van der Waals surface area contributed by atoms with Gasteiger partial charge in [-0.15, -0.1) is 0 Å². The molecule has 1 aliphatic rings. The molecule has 1 aliphatic carbocycles. The van der Waals surface area contributed by atoms with Gasteiger partial charge in [-0.25, -0.2) is 13.1 Å². The summed E-state index contributed by atoms with van der Waals surface area (Å²) in [5, 5.41) is 8.69. The molecule has 1 amide bonds. The molecule has 6 nitrogen and oxygen atoms in total. The number of halogens is 3. The van der Waals surface area contributed by atoms with Crippen LogP contribution in [0.15, 0.2) is 23.1 Å². The van der Waals surface area contributed by atoms with Crippen LogP contribution in [0.3, 0.4) is 0 Å². The van der Waals surface area contributed by atoms with Crippen molar-refractivity contribution in [2.75, 3.05) is 6.61 Å². The van der Waals surface area contributed by atoms with E-state index in [9.17, 15) is 26.4 Å². The van der Waals surface area contributed by atoms with Crippen LogP contribution in [0.1, 0.15) is 36.8 Å². The van der Waals surface area contributed by atoms with Crippen molar-refractivity contribution in [1.29, 1.82) is 5.26 Å². The predicted octanol–water partition coefficient (Wildman–Crippen LogP) is 2.34. The molecule has 1 N–H and O–H groups in total. The first kappa shape index (κ1) is 19.2. The molecule has 0 heterocycles. The molecule has 0 saturated heterocycles. The average molecular weight is 376 g/mol. The lowest BCUT2D eigenvalue weighted by Crippen LogP contribution is -2.35. The van der Waals surface area contributed by atoms with Crippen LogP contribution in [0.5, 0.6) is 0 Å². The maximum Gasteiger partial charge on any atom is 0.417 e. The number of ether oxygens (including phenoxy) is 1. The number of sulfonamides is 1. The van der Waals surface area contributed by atoms with Crippen LogP contribution in [0.25, 0.3) is 0 Å². The van der Waals surface area contributed by atoms with Gasteiger partial charge in [0.05, 0.1) is 28.2 Å². The summed E-state index contributed by atoms with van der Waals surface area (Å²) in [5.74, 6) is -1.05. The number of amides is 1. The Morgan fingerprint density at radius 2 is 1.96 bits per heavy atom. The molecular weight excluding hydrogens is 361 g/mol. The standard InChI is InChI=1S/C15H15F3N2O4S/c16-15(17,18)12-7-10(8-19)5-6-13(12)25(22,23)20-14(21)9-24-11-3-1-2-4-11/h5-7,11H,1-4,9H2,(H,20,21). The highest BCUT2D eigenvalue weighted by Gasteiger charge is 2.38. The van der Waals surface area contributed by atoms with Crippen molar-refractivity contribution >= 4 is 15.9 Å². The van der Waals surface area contributed by atoms with Gasteiger partial charge in [-0.1, -0.05) is 12.8 Å². The lowest BCUT2D eigenvalue weighted by molar-refractivity contribution is -0.140. The van der Waals surface area contributed by atoms with Crippen molar-refractivity contribution in [3.8, 4) is 6.07 Å². The predicted molar refractivity (Wildman–Crippen MR) is 79.7 cm³/mol. The molecule has 1 aromatic rings. The third kappa shape index (κ3) is 4.93. The molecule has 0 bridgehead atoms. The minimum Gasteiger partial charge on any atom is -0.368 e. The molecule has 136 valence electrons. The lowest BCUT2D eigenvalue weighted by Gasteiger charge is -2.15. The minimum absolute atomic E-state index is 0.144. The SMILES string of the molecule is N#Cc1ccc(S(=O)(=O)NC(=O)COC2CCCC2)c(C(F)(F)F)c1. The van der Waals surface area contributed by atoms with E-state index in [4.69, 9.17) is 10.00 Å². The fourth-order valence-electron chi connectivity index (χ4n) is 2.54. The Labute approximate surface area is 142 Å². The highest BCUT2D eigenvalue weighted by Crippen LogP contribution is 2.34. The zero-order valence-electron chi connectivity index (χ0n) is 13.0. The number of benzene rings is 1. The summed E-state index contributed by atoms with van der Waals surface area (Å²) in [5.41, 5.74) is -1.86. The Balaban J connectivity index is 2.18. The van der Waals surface area contributed by atoms with Gasteiger partial charge < -0.3 is 4.74 Å². The number of carbonyl (C=O) groups is 1. The Hall–Kier alpha value is -2.12. The number of carbonyl (C=O) groups excluding carboxylic acids is 1. The quantitative estimate of drug-likeness (QED) is 0.851. The normalized spacial score (nSPS) is 15.8. The Morgan fingerprint density at radius 1 is 1.32 bits per heavy atom. The largest absolute Gasteiger partial charge is 0.417 e. The Bertz CT molecular complexity index is 794. The van der Waals surface area contributed by atoms with Gasteiger partial charge >= 0.3 is 6.18 Å². The average Bonchev–Trinajstić information content (AvgIpc) is 3.04. The highest BCUT2D eigenvalue weighted by molar-refractivity contribution is 7.90. The smallest absolute Gasteiger partial charge is 0.368 e. The van der Waals surface area contributed by atoms with E-state index in [-0.39, 0.29) is 11.7 Å². The van der Waals surface area contributed by atoms with Crippen molar-refractivity contribution in [1.82, 2.24) is 4.72 Å². The van der Waals surface area contributed by atoms with E-state index in [0.717, 1.165) is 31.7 Å². The molecule has 1 saturated carbocycles. The van der Waals surface area contributed by atoms with Gasteiger partial charge in [-0.05, 0) is 31.0 Å². The number of nitrogens with zero attached hydrogens (tertiary/aromatic N) is 1. The van der Waals surface area contributed by atoms with Crippen LogP contribution in [0.4, 0.5) is 13.2 Å². The molecule has 10 heteroatoms. The lowest BCUT2D eigenvalue weighted by atomic mass is 10.1. The monoisotopic (exact) mass is 376 g/mol. The number of nitrogens with one attached hydrogen (secondary N) is 1. The molecule has 0 unspecified atom stereocenters. The summed E-state index contributed by atoms with van der Waals surface area (Å²) in [7, 11) is -4.75. The second-order valence-electron chi connectivity index (χ2n) is 5.57. The van der Waals surface area contributed by atoms with Gasteiger partial charge in [-0.3, -0.25) is 4.79 Å². The van der Waals surface area contributed by atoms with Crippen LogP contribution in [0.2, 0.25) is 0 Å². The van der Waals surface area contributed by atoms with E-state index >= 15 is 0 Å². The topological polar surface area (TPSA) is 96.3 Å². The summed E-state index contributed by atoms with van der Waals surface area (Å²) >= 11 is 0. The molecule has 1 aromatic carbocycles. The van der Waals surface area contributed by atoms with E-state index in [0.29, 0.717) is 12.1 Å². The molecule has 2 rings (SSSR count). The zero-order valence-corrected chi connectivity index (χ0v) is 13.8. The maximum absolute atomic E-state index is 13.1. The van der Waals surface area contributed by atoms with Crippen LogP contribution in [0, 0.1) is 11.3 Å². The molecule has 0 aromatic heterocycles. The van der Waals surface area contributed by atoms with Gasteiger partial charge in [-0.2, -0.15) is 18.4 Å². The van der Waals surface area contributed by atoms with E-state index in [1.807, 2.05) is 0 Å². The molecular formula is C15H15F3N2O4S. The fraction of sp³-hybridized carbons (Fsp3) is 0.467. The summed E-state index contributed by atoms with van der Waals surface area (Å²) < 4.78 is 70.3. The van der Waals surface area contributed by atoms with Crippen LogP contribution < -0.4 is 4.72 Å². The molecule has 1 fully saturated rings. The minimum atomic E-state index is -5.00. The van der Waals surface area contributed by atoms with E-state index in [2.05, 4.69) is 0 Å². The second kappa shape index (κ2) is 7.41. The van der Waals surface area contributed by atoms with Gasteiger partial charge in [0.15, 0.2) is 0 Å². The van der Waals surface area contributed by atoms with Crippen molar-refractivity contribution in [2.24, 2.45) is 0 Å². The number of nitriles is 1. The van der Waals surface area contributed by atoms with Gasteiger partial charge in [0.25, 0.3) is 15.9 Å². The zero-order chi connectivity index (χ0) is 18.7. The van der Waals surface area contributed by atoms with Crippen LogP contribution in [-0.2, 0) is 25.7 Å². The molecule has 0 atom stereocenters. The van der Waals surface area contributed by atoms with Crippen molar-refractivity contribution in [3.63, 3.8) is 0 Å². The first-order valence-corrected chi connectivity index (χ1v) is 8.90. The Morgan fingerprint density at radius 3 is 2.52 bits per heavy atom. The molecule has 0 spiro atoms. The number of rotatable bonds is 5. The summed E-state index contributed by atoms with van der Waals surface area (Å²) in [6.07, 6.45) is -1.73. The number of hydrogen-bond donors (Lipinski definition) is 1. The first-order chi connectivity index (χ1) is 11.6. The van der Waals surface area contributed by atoms with E-state index in [1.54, 1.807) is 4.72 Å². The summed E-state index contributed by atoms with van der Waals surface area (Å²) in [4.78, 5) is 10.6. The third-order valence-corrected chi connectivity index (χ3v) is 5.14. The van der Waals surface area contributed by atoms with E-state index < -0.39 is 39.2 Å². The van der Waals surface area contributed by atoms with Gasteiger partial charge in [0.2, 0.25) is 0 Å². The summed E-state index contributed by atoms with van der Waals surface area (Å²) in [6.45, 7) is -0.554. The molecule has 0 radical (unpaired) electrons. The van der Waals surface area contributed by atoms with Gasteiger partial charge in [0, 0.05) is 0 Å². The first-order valence-electron chi connectivity index (χ1n) is 7.42. The highest BCUT2D eigenvalue weighted by atomic mass is 32.2. The van der Waals surface area contributed by atoms with Crippen LogP contribution in [-0.4, -0.2) is 27.0 Å². The third-order valence-electron chi connectivity index (χ3n) is 3.70. The maximum atomic E-state index is 13.1. The second-order valence-corrected chi connectivity index (χ2v) is 7.22. The fourth-order valence-corrected chi connectivity index (χ4v) is 3.72. The van der Waals surface area contributed by atoms with Crippen LogP contribution >= 0.6 is 0 Å². The van der Waals surface area contributed by atoms with Crippen molar-refractivity contribution in [2.45, 2.75) is 42.9 Å². The van der Waals surface area contributed by atoms with Crippen molar-refractivity contribution < 1.29 is 31.1 Å². The molecule has 25 heavy (non-hydrogen) atoms. The van der Waals surface area contributed by atoms with E-state index in [1.165, 1.54) is 6.07 Å². The molecule has 0 aliphatic heterocycles.